The smallest absolute Gasteiger partial charge is 0.231 e. The first-order chi connectivity index (χ1) is 12.1. The Balaban J connectivity index is 3.11. The van der Waals surface area contributed by atoms with E-state index >= 15 is 0 Å². The van der Waals surface area contributed by atoms with E-state index in [1.54, 1.807) is 6.20 Å². The Kier molecular flexibility index (Phi) is 7.80. The topological polar surface area (TPSA) is 91.7 Å². The molecular weight excluding hydrogens is 380 g/mol. The summed E-state index contributed by atoms with van der Waals surface area (Å²) in [6, 6.07) is 0. The van der Waals surface area contributed by atoms with E-state index in [0.717, 1.165) is 0 Å². The predicted octanol–water partition coefficient (Wildman–Crippen LogP) is 4.18. The van der Waals surface area contributed by atoms with E-state index in [1.165, 1.54) is 11.3 Å². The zero-order valence-electron chi connectivity index (χ0n) is 18.1. The summed E-state index contributed by atoms with van der Waals surface area (Å²) < 4.78 is 6.47. The summed E-state index contributed by atoms with van der Waals surface area (Å²) in [6.07, 6.45) is -0.113. The second-order valence-corrected chi connectivity index (χ2v) is 15.1. The van der Waals surface area contributed by atoms with Gasteiger partial charge >= 0.3 is 0 Å². The van der Waals surface area contributed by atoms with Crippen LogP contribution in [0.25, 0.3) is 0 Å². The molecule has 2 atom stereocenters. The summed E-state index contributed by atoms with van der Waals surface area (Å²) >= 11 is 1.27. The molecule has 8 heteroatoms. The van der Waals surface area contributed by atoms with Gasteiger partial charge in [0.25, 0.3) is 0 Å². The average Bonchev–Trinajstić information content (AvgIpc) is 2.98. The first kappa shape index (κ1) is 24.2. The van der Waals surface area contributed by atoms with Crippen LogP contribution in [0, 0.1) is 11.3 Å². The molecule has 0 saturated heterocycles. The molecule has 0 radical (unpaired) electrons. The maximum absolute atomic E-state index is 12.2. The van der Waals surface area contributed by atoms with E-state index in [4.69, 9.17) is 4.43 Å². The van der Waals surface area contributed by atoms with Gasteiger partial charge in [-0.1, -0.05) is 59.8 Å². The minimum Gasteiger partial charge on any atom is -0.406 e. The van der Waals surface area contributed by atoms with Crippen molar-refractivity contribution >= 4 is 30.7 Å². The highest BCUT2D eigenvalue weighted by molar-refractivity contribution is 7.15. The van der Waals surface area contributed by atoms with Gasteiger partial charge < -0.3 is 20.0 Å². The van der Waals surface area contributed by atoms with Crippen LogP contribution >= 0.6 is 11.3 Å². The second kappa shape index (κ2) is 8.69. The molecular formula is C19H36N2O4SSi. The van der Waals surface area contributed by atoms with E-state index in [-0.39, 0.29) is 10.9 Å². The minimum absolute atomic E-state index is 0.0333. The van der Waals surface area contributed by atoms with Crippen LogP contribution in [0.3, 0.4) is 0 Å². The molecule has 156 valence electrons. The lowest BCUT2D eigenvalue weighted by atomic mass is 9.96. The third-order valence-corrected chi connectivity index (χ3v) is 11.2. The number of anilines is 1. The molecule has 0 aliphatic heterocycles. The first-order valence-electron chi connectivity index (χ1n) is 9.37. The molecule has 1 aromatic rings. The molecule has 0 bridgehead atoms. The van der Waals surface area contributed by atoms with E-state index in [9.17, 15) is 15.0 Å². The van der Waals surface area contributed by atoms with Crippen LogP contribution in [0.1, 0.15) is 59.4 Å². The van der Waals surface area contributed by atoms with Crippen molar-refractivity contribution in [2.24, 2.45) is 11.3 Å². The number of carbonyl (C=O) groups excluding carboxylic acids is 1. The molecule has 3 N–H and O–H groups in total. The van der Waals surface area contributed by atoms with E-state index < -0.39 is 32.5 Å². The zero-order valence-corrected chi connectivity index (χ0v) is 19.9. The Morgan fingerprint density at radius 3 is 2.30 bits per heavy atom. The number of hydrogen-bond donors (Lipinski definition) is 3. The molecule has 0 aromatic carbocycles. The van der Waals surface area contributed by atoms with Gasteiger partial charge in [0, 0.05) is 11.6 Å². The molecule has 1 aromatic heterocycles. The van der Waals surface area contributed by atoms with E-state index in [0.29, 0.717) is 15.9 Å². The van der Waals surface area contributed by atoms with Gasteiger partial charge in [-0.3, -0.25) is 4.79 Å². The lowest BCUT2D eigenvalue weighted by Crippen LogP contribution is -2.47. The van der Waals surface area contributed by atoms with Gasteiger partial charge in [0.15, 0.2) is 13.4 Å². The van der Waals surface area contributed by atoms with Crippen LogP contribution in [0.2, 0.25) is 18.1 Å². The van der Waals surface area contributed by atoms with Crippen molar-refractivity contribution in [1.29, 1.82) is 0 Å². The van der Waals surface area contributed by atoms with Crippen molar-refractivity contribution in [3.05, 3.63) is 11.1 Å². The Labute approximate surface area is 168 Å². The molecule has 0 saturated carbocycles. The average molecular weight is 417 g/mol. The highest BCUT2D eigenvalue weighted by atomic mass is 32.1. The molecule has 1 rings (SSSR count). The van der Waals surface area contributed by atoms with Gasteiger partial charge in [-0.25, -0.2) is 4.98 Å². The SMILES string of the molecule is CC(C)C(C)(C)[Si](C)(C)O[C@@H](c1cnc(NC(=O)C(C)(C)C)s1)[C@H](O)CO. The molecule has 6 nitrogen and oxygen atoms in total. The number of carbonyl (C=O) groups is 1. The van der Waals surface area contributed by atoms with Crippen molar-refractivity contribution in [3.8, 4) is 0 Å². The molecule has 0 aliphatic carbocycles. The highest BCUT2D eigenvalue weighted by Gasteiger charge is 2.46. The quantitative estimate of drug-likeness (QED) is 0.553. The molecule has 0 spiro atoms. The fourth-order valence-electron chi connectivity index (χ4n) is 2.35. The monoisotopic (exact) mass is 416 g/mol. The molecule has 0 unspecified atom stereocenters. The van der Waals surface area contributed by atoms with Gasteiger partial charge in [0.05, 0.1) is 11.5 Å². The molecule has 0 aliphatic rings. The Morgan fingerprint density at radius 2 is 1.85 bits per heavy atom. The van der Waals surface area contributed by atoms with Crippen LogP contribution in [0.5, 0.6) is 0 Å². The maximum atomic E-state index is 12.2. The number of hydrogen-bond acceptors (Lipinski definition) is 6. The van der Waals surface area contributed by atoms with Gasteiger partial charge in [0.2, 0.25) is 5.91 Å². The highest BCUT2D eigenvalue weighted by Crippen LogP contribution is 2.47. The summed E-state index contributed by atoms with van der Waals surface area (Å²) in [6.45, 7) is 18.1. The Hall–Kier alpha value is -0.803. The van der Waals surface area contributed by atoms with Gasteiger partial charge in [0.1, 0.15) is 12.2 Å². The second-order valence-electron chi connectivity index (χ2n) is 9.45. The van der Waals surface area contributed by atoms with Crippen molar-refractivity contribution < 1.29 is 19.4 Å². The molecule has 27 heavy (non-hydrogen) atoms. The van der Waals surface area contributed by atoms with E-state index in [2.05, 4.69) is 51.1 Å². The molecule has 1 amide bonds. The summed E-state index contributed by atoms with van der Waals surface area (Å²) in [4.78, 5) is 17.1. The summed E-state index contributed by atoms with van der Waals surface area (Å²) in [7, 11) is -2.25. The Bertz CT molecular complexity index is 638. The van der Waals surface area contributed by atoms with Crippen molar-refractivity contribution in [1.82, 2.24) is 4.98 Å². The number of rotatable bonds is 8. The largest absolute Gasteiger partial charge is 0.406 e. The van der Waals surface area contributed by atoms with Gasteiger partial charge in [-0.2, -0.15) is 0 Å². The van der Waals surface area contributed by atoms with Gasteiger partial charge in [-0.05, 0) is 24.1 Å². The standard InChI is InChI=1S/C19H36N2O4SSi/c1-12(2)19(6,7)27(8,9)25-15(13(23)11-22)14-10-20-17(26-14)21-16(24)18(3,4)5/h10,12-13,15,22-23H,11H2,1-9H3,(H,20,21,24)/t13-,15-/m1/s1. The number of nitrogens with one attached hydrogen (secondary N) is 1. The van der Waals surface area contributed by atoms with Crippen LogP contribution in [-0.2, 0) is 9.22 Å². The van der Waals surface area contributed by atoms with Crippen molar-refractivity contribution in [2.75, 3.05) is 11.9 Å². The number of nitrogens with zero attached hydrogens (tertiary/aromatic N) is 1. The van der Waals surface area contributed by atoms with Crippen molar-refractivity contribution in [2.45, 2.75) is 78.8 Å². The number of aromatic nitrogens is 1. The predicted molar refractivity (Wildman–Crippen MR) is 113 cm³/mol. The first-order valence-corrected chi connectivity index (χ1v) is 13.1. The van der Waals surface area contributed by atoms with Crippen LogP contribution < -0.4 is 5.32 Å². The summed E-state index contributed by atoms with van der Waals surface area (Å²) in [5.74, 6) is 0.286. The normalized spacial score (nSPS) is 15.7. The fourth-order valence-corrected chi connectivity index (χ4v) is 5.94. The lowest BCUT2D eigenvalue weighted by Gasteiger charge is -2.44. The maximum Gasteiger partial charge on any atom is 0.231 e. The number of amides is 1. The number of aliphatic hydroxyl groups is 2. The molecule has 0 fully saturated rings. The zero-order chi connectivity index (χ0) is 21.2. The Morgan fingerprint density at radius 1 is 1.30 bits per heavy atom. The van der Waals surface area contributed by atoms with Crippen LogP contribution in [-0.4, -0.2) is 42.1 Å². The number of thiazole rings is 1. The van der Waals surface area contributed by atoms with Crippen LogP contribution in [0.15, 0.2) is 6.20 Å². The van der Waals surface area contributed by atoms with Crippen LogP contribution in [0.4, 0.5) is 5.13 Å². The van der Waals surface area contributed by atoms with Gasteiger partial charge in [-0.15, -0.1) is 0 Å². The third-order valence-electron chi connectivity index (χ3n) is 5.66. The summed E-state index contributed by atoms with van der Waals surface area (Å²) in [5.41, 5.74) is -0.525. The number of aliphatic hydroxyl groups excluding tert-OH is 2. The third kappa shape index (κ3) is 5.84. The van der Waals surface area contributed by atoms with E-state index in [1.807, 2.05) is 20.8 Å². The van der Waals surface area contributed by atoms with Crippen molar-refractivity contribution in [3.63, 3.8) is 0 Å². The molecule has 1 heterocycles. The summed E-state index contributed by atoms with van der Waals surface area (Å²) in [5, 5.41) is 23.2. The lowest BCUT2D eigenvalue weighted by molar-refractivity contribution is -0.123. The minimum atomic E-state index is -2.25. The fraction of sp³-hybridized carbons (Fsp3) is 0.789.